The van der Waals surface area contributed by atoms with E-state index in [-0.39, 0.29) is 11.3 Å². The van der Waals surface area contributed by atoms with Gasteiger partial charge in [-0.1, -0.05) is 39.0 Å². The smallest absolute Gasteiger partial charge is 0.225 e. The molecule has 0 saturated carbocycles. The van der Waals surface area contributed by atoms with E-state index in [0.29, 0.717) is 23.7 Å². The number of nitrogens with one attached hydrogen (secondary N) is 1. The van der Waals surface area contributed by atoms with Crippen LogP contribution in [0.15, 0.2) is 41.4 Å². The van der Waals surface area contributed by atoms with Crippen molar-refractivity contribution in [1.29, 1.82) is 5.26 Å². The molecule has 1 atom stereocenters. The van der Waals surface area contributed by atoms with Crippen molar-refractivity contribution in [2.75, 3.05) is 11.1 Å². The molecule has 6 heteroatoms. The highest BCUT2D eigenvalue weighted by atomic mass is 32.2. The molecule has 0 bridgehead atoms. The lowest BCUT2D eigenvalue weighted by atomic mass is 9.71. The normalized spacial score (nSPS) is 15.7. The van der Waals surface area contributed by atoms with E-state index in [1.165, 1.54) is 17.3 Å². The molecular weight excluding hydrogens is 428 g/mol. The van der Waals surface area contributed by atoms with Crippen molar-refractivity contribution in [2.24, 2.45) is 11.3 Å². The summed E-state index contributed by atoms with van der Waals surface area (Å²) in [4.78, 5) is 22.0. The molecule has 170 valence electrons. The molecule has 0 radical (unpaired) electrons. The number of hydrogen-bond acceptors (Lipinski definition) is 5. The van der Waals surface area contributed by atoms with Crippen LogP contribution in [0.2, 0.25) is 0 Å². The van der Waals surface area contributed by atoms with E-state index in [0.717, 1.165) is 52.3 Å². The van der Waals surface area contributed by atoms with Crippen molar-refractivity contribution in [3.8, 4) is 6.07 Å². The maximum Gasteiger partial charge on any atom is 0.225 e. The highest BCUT2D eigenvalue weighted by Crippen LogP contribution is 2.38. The van der Waals surface area contributed by atoms with Gasteiger partial charge in [0.25, 0.3) is 0 Å². The molecule has 1 aliphatic rings. The van der Waals surface area contributed by atoms with Crippen LogP contribution in [0.3, 0.4) is 0 Å². The number of benzene rings is 1. The van der Waals surface area contributed by atoms with Gasteiger partial charge in [-0.15, -0.1) is 11.8 Å². The zero-order valence-corrected chi connectivity index (χ0v) is 20.6. The first-order valence-electron chi connectivity index (χ1n) is 11.5. The fourth-order valence-corrected chi connectivity index (χ4v) is 5.35. The van der Waals surface area contributed by atoms with Crippen LogP contribution in [0.5, 0.6) is 0 Å². The molecule has 1 aromatic carbocycles. The summed E-state index contributed by atoms with van der Waals surface area (Å²) in [6, 6.07) is 14.0. The number of fused-ring (bicyclic) bond motifs is 2. The summed E-state index contributed by atoms with van der Waals surface area (Å²) in [5, 5.41) is 14.4. The van der Waals surface area contributed by atoms with E-state index < -0.39 is 0 Å². The molecule has 1 N–H and O–H groups in total. The van der Waals surface area contributed by atoms with Gasteiger partial charge in [0.15, 0.2) is 0 Å². The Morgan fingerprint density at radius 3 is 2.79 bits per heavy atom. The SMILES string of the molecule is Cc1cc(NC(=O)CCSc2nc3c(cc2C#N)CC(C(C)(C)C)CC3)c2ccccc2n1. The molecule has 4 rings (SSSR count). The molecular formula is C27H30N4OS. The minimum atomic E-state index is -0.0530. The Bertz CT molecular complexity index is 1240. The minimum absolute atomic E-state index is 0.0530. The van der Waals surface area contributed by atoms with E-state index in [4.69, 9.17) is 4.98 Å². The molecule has 0 fully saturated rings. The third-order valence-corrected chi connectivity index (χ3v) is 7.38. The van der Waals surface area contributed by atoms with E-state index in [2.05, 4.69) is 37.1 Å². The fourth-order valence-electron chi connectivity index (χ4n) is 4.44. The van der Waals surface area contributed by atoms with Crippen molar-refractivity contribution in [1.82, 2.24) is 9.97 Å². The van der Waals surface area contributed by atoms with Crippen LogP contribution in [0.25, 0.3) is 10.9 Å². The third-order valence-electron chi connectivity index (χ3n) is 6.38. The number of para-hydroxylation sites is 1. The number of hydrogen-bond donors (Lipinski definition) is 1. The van der Waals surface area contributed by atoms with Gasteiger partial charge in [0, 0.05) is 28.9 Å². The standard InChI is InChI=1S/C27H30N4OS/c1-17-13-24(21-7-5-6-8-23(21)29-17)30-25(32)11-12-33-26-19(16-28)14-18-15-20(27(2,3)4)9-10-22(18)31-26/h5-8,13-14,20H,9-12,15H2,1-4H3,(H,29,30,32). The van der Waals surface area contributed by atoms with E-state index >= 15 is 0 Å². The first-order chi connectivity index (χ1) is 15.7. The zero-order valence-electron chi connectivity index (χ0n) is 19.7. The molecule has 2 heterocycles. The highest BCUT2D eigenvalue weighted by Gasteiger charge is 2.30. The summed E-state index contributed by atoms with van der Waals surface area (Å²) in [5.41, 5.74) is 5.71. The molecule has 3 aromatic rings. The van der Waals surface area contributed by atoms with Crippen molar-refractivity contribution in [2.45, 2.75) is 58.4 Å². The van der Waals surface area contributed by atoms with Crippen LogP contribution in [0, 0.1) is 29.6 Å². The summed E-state index contributed by atoms with van der Waals surface area (Å²) in [7, 11) is 0. The Labute approximate surface area is 200 Å². The predicted molar refractivity (Wildman–Crippen MR) is 134 cm³/mol. The Kier molecular flexibility index (Phi) is 6.71. The predicted octanol–water partition coefficient (Wildman–Crippen LogP) is 6.08. The van der Waals surface area contributed by atoms with Gasteiger partial charge in [-0.2, -0.15) is 5.26 Å². The number of anilines is 1. The number of thioether (sulfide) groups is 1. The first-order valence-corrected chi connectivity index (χ1v) is 12.4. The average molecular weight is 459 g/mol. The zero-order chi connectivity index (χ0) is 23.6. The maximum atomic E-state index is 12.6. The second-order valence-corrected chi connectivity index (χ2v) is 10.9. The number of amides is 1. The summed E-state index contributed by atoms with van der Waals surface area (Å²) in [6.45, 7) is 8.78. The molecule has 0 saturated heterocycles. The largest absolute Gasteiger partial charge is 0.325 e. The lowest BCUT2D eigenvalue weighted by Crippen LogP contribution is -2.27. The van der Waals surface area contributed by atoms with Gasteiger partial charge < -0.3 is 5.32 Å². The number of nitriles is 1. The molecule has 1 amide bonds. The molecule has 2 aromatic heterocycles. The lowest BCUT2D eigenvalue weighted by molar-refractivity contribution is -0.115. The number of pyridine rings is 2. The first kappa shape index (κ1) is 23.3. The number of carbonyl (C=O) groups is 1. The van der Waals surface area contributed by atoms with Crippen LogP contribution in [-0.4, -0.2) is 21.6 Å². The number of carbonyl (C=O) groups excluding carboxylic acids is 1. The molecule has 1 unspecified atom stereocenters. The van der Waals surface area contributed by atoms with Gasteiger partial charge in [0.1, 0.15) is 11.1 Å². The number of aromatic nitrogens is 2. The van der Waals surface area contributed by atoms with Crippen molar-refractivity contribution in [3.63, 3.8) is 0 Å². The lowest BCUT2D eigenvalue weighted by Gasteiger charge is -2.34. The summed E-state index contributed by atoms with van der Waals surface area (Å²) in [6.07, 6.45) is 3.40. The molecule has 0 spiro atoms. The van der Waals surface area contributed by atoms with Crippen LogP contribution < -0.4 is 5.32 Å². The maximum absolute atomic E-state index is 12.6. The molecule has 1 aliphatic carbocycles. The van der Waals surface area contributed by atoms with Crippen molar-refractivity contribution in [3.05, 3.63) is 58.9 Å². The van der Waals surface area contributed by atoms with Gasteiger partial charge in [-0.3, -0.25) is 9.78 Å². The summed E-state index contributed by atoms with van der Waals surface area (Å²) >= 11 is 1.49. The topological polar surface area (TPSA) is 78.7 Å². The van der Waals surface area contributed by atoms with Gasteiger partial charge in [-0.25, -0.2) is 4.98 Å². The molecule has 33 heavy (non-hydrogen) atoms. The second-order valence-electron chi connectivity index (χ2n) is 9.84. The number of rotatable bonds is 5. The minimum Gasteiger partial charge on any atom is -0.325 e. The Morgan fingerprint density at radius 1 is 1.24 bits per heavy atom. The Morgan fingerprint density at radius 2 is 2.03 bits per heavy atom. The van der Waals surface area contributed by atoms with E-state index in [1.54, 1.807) is 0 Å². The second kappa shape index (κ2) is 9.52. The Hall–Kier alpha value is -2.91. The third kappa shape index (κ3) is 5.36. The Balaban J connectivity index is 1.41. The molecule has 0 aliphatic heterocycles. The van der Waals surface area contributed by atoms with Gasteiger partial charge in [0.2, 0.25) is 5.91 Å². The quantitative estimate of drug-likeness (QED) is 0.469. The van der Waals surface area contributed by atoms with E-state index in [9.17, 15) is 10.1 Å². The average Bonchev–Trinajstić information content (AvgIpc) is 2.77. The number of aryl methyl sites for hydroxylation is 2. The van der Waals surface area contributed by atoms with Crippen LogP contribution >= 0.6 is 11.8 Å². The molecule has 5 nitrogen and oxygen atoms in total. The monoisotopic (exact) mass is 458 g/mol. The van der Waals surface area contributed by atoms with Gasteiger partial charge in [-0.05, 0) is 61.3 Å². The van der Waals surface area contributed by atoms with Crippen LogP contribution in [-0.2, 0) is 17.6 Å². The van der Waals surface area contributed by atoms with Gasteiger partial charge in [0.05, 0.1) is 16.8 Å². The van der Waals surface area contributed by atoms with Crippen molar-refractivity contribution >= 4 is 34.3 Å². The number of nitrogens with zero attached hydrogens (tertiary/aromatic N) is 3. The summed E-state index contributed by atoms with van der Waals surface area (Å²) in [5.74, 6) is 1.12. The van der Waals surface area contributed by atoms with Crippen LogP contribution in [0.4, 0.5) is 5.69 Å². The summed E-state index contributed by atoms with van der Waals surface area (Å²) < 4.78 is 0. The van der Waals surface area contributed by atoms with E-state index in [1.807, 2.05) is 43.3 Å². The fraction of sp³-hybridized carbons (Fsp3) is 0.407. The highest BCUT2D eigenvalue weighted by molar-refractivity contribution is 7.99. The van der Waals surface area contributed by atoms with Crippen LogP contribution in [0.1, 0.15) is 56.1 Å². The van der Waals surface area contributed by atoms with Gasteiger partial charge >= 0.3 is 0 Å². The van der Waals surface area contributed by atoms with Crippen molar-refractivity contribution < 1.29 is 4.79 Å².